The molecule has 0 bridgehead atoms. The highest BCUT2D eigenvalue weighted by molar-refractivity contribution is 6.48. The summed E-state index contributed by atoms with van der Waals surface area (Å²) in [5.41, 5.74) is 1.27. The van der Waals surface area contributed by atoms with Crippen molar-refractivity contribution in [1.29, 1.82) is 0 Å². The van der Waals surface area contributed by atoms with E-state index >= 15 is 0 Å². The topological polar surface area (TPSA) is 96.4 Å². The fraction of sp³-hybridized carbons (Fsp3) is 0.593. The standard InChI is InChI=1S/C27H40N2O6Si/c1-10-11-34-25(33)28-15-16(2)12-18(28)13-17(3)19-14-20-21(23(30)29(20)22(19)24(31)32)27(7,26(4,5)6)35-36(8)9/h10,13,18,20-21,36H,1-2,11-12,14-15H2,3-9H3,(H,31,32)/b17-13+/t18-,20+,21+,27+/m0/s1. The van der Waals surface area contributed by atoms with Crippen LogP contribution >= 0.6 is 0 Å². The van der Waals surface area contributed by atoms with E-state index in [4.69, 9.17) is 9.16 Å². The molecule has 2 fully saturated rings. The van der Waals surface area contributed by atoms with Gasteiger partial charge in [0, 0.05) is 6.54 Å². The first-order chi connectivity index (χ1) is 16.6. The number of hydrogen-bond acceptors (Lipinski definition) is 5. The van der Waals surface area contributed by atoms with Crippen molar-refractivity contribution in [3.8, 4) is 0 Å². The highest BCUT2D eigenvalue weighted by Crippen LogP contribution is 2.54. The third kappa shape index (κ3) is 4.83. The zero-order valence-electron chi connectivity index (χ0n) is 22.6. The molecule has 0 spiro atoms. The lowest BCUT2D eigenvalue weighted by Gasteiger charge is -2.57. The van der Waals surface area contributed by atoms with Gasteiger partial charge in [0.15, 0.2) is 9.04 Å². The van der Waals surface area contributed by atoms with Crippen molar-refractivity contribution in [2.24, 2.45) is 11.3 Å². The molecule has 0 aromatic heterocycles. The van der Waals surface area contributed by atoms with Crippen LogP contribution in [0.25, 0.3) is 0 Å². The lowest BCUT2D eigenvalue weighted by molar-refractivity contribution is -0.180. The Kier molecular flexibility index (Phi) is 7.77. The Morgan fingerprint density at radius 2 is 1.86 bits per heavy atom. The predicted molar refractivity (Wildman–Crippen MR) is 141 cm³/mol. The largest absolute Gasteiger partial charge is 0.477 e. The third-order valence-electron chi connectivity index (χ3n) is 7.70. The number of nitrogens with zero attached hydrogens (tertiary/aromatic N) is 2. The zero-order chi connectivity index (χ0) is 27.2. The summed E-state index contributed by atoms with van der Waals surface area (Å²) in [7, 11) is -1.50. The van der Waals surface area contributed by atoms with Crippen molar-refractivity contribution in [3.05, 3.63) is 47.7 Å². The predicted octanol–water partition coefficient (Wildman–Crippen LogP) is 4.26. The number of carbonyl (C=O) groups excluding carboxylic acids is 2. The molecule has 2 amide bonds. The van der Waals surface area contributed by atoms with Crippen LogP contribution < -0.4 is 0 Å². The van der Waals surface area contributed by atoms with Gasteiger partial charge in [-0.3, -0.25) is 9.69 Å². The summed E-state index contributed by atoms with van der Waals surface area (Å²) in [6.07, 6.45) is 3.95. The number of carboxylic acids is 1. The minimum Gasteiger partial charge on any atom is -0.477 e. The summed E-state index contributed by atoms with van der Waals surface area (Å²) in [5.74, 6) is -1.75. The molecule has 1 N–H and O–H groups in total. The third-order valence-corrected chi connectivity index (χ3v) is 8.66. The summed E-state index contributed by atoms with van der Waals surface area (Å²) in [4.78, 5) is 41.4. The van der Waals surface area contributed by atoms with Crippen molar-refractivity contribution >= 4 is 27.0 Å². The molecule has 8 nitrogen and oxygen atoms in total. The fourth-order valence-electron chi connectivity index (χ4n) is 5.65. The molecule has 9 heteroatoms. The van der Waals surface area contributed by atoms with E-state index in [1.54, 1.807) is 4.90 Å². The van der Waals surface area contributed by atoms with Crippen LogP contribution in [-0.2, 0) is 18.8 Å². The van der Waals surface area contributed by atoms with Crippen LogP contribution in [0.2, 0.25) is 13.1 Å². The molecule has 0 aromatic rings. The number of amides is 2. The molecule has 3 heterocycles. The number of likely N-dealkylation sites (tertiary alicyclic amines) is 1. The highest BCUT2D eigenvalue weighted by atomic mass is 28.3. The molecule has 198 valence electrons. The molecule has 3 aliphatic rings. The normalized spacial score (nSPS) is 26.2. The molecule has 4 atom stereocenters. The van der Waals surface area contributed by atoms with E-state index in [0.717, 1.165) is 11.1 Å². The van der Waals surface area contributed by atoms with Gasteiger partial charge in [-0.05, 0) is 56.3 Å². The molecule has 3 rings (SSSR count). The average Bonchev–Trinajstić information content (AvgIpc) is 3.28. The van der Waals surface area contributed by atoms with Crippen molar-refractivity contribution in [1.82, 2.24) is 9.80 Å². The molecule has 2 saturated heterocycles. The van der Waals surface area contributed by atoms with Crippen molar-refractivity contribution in [2.45, 2.75) is 78.2 Å². The Morgan fingerprint density at radius 1 is 1.22 bits per heavy atom. The summed E-state index contributed by atoms with van der Waals surface area (Å²) in [5, 5.41) is 10.1. The van der Waals surface area contributed by atoms with Crippen molar-refractivity contribution in [3.63, 3.8) is 0 Å². The molecular formula is C27H40N2O6Si. The molecule has 0 aromatic carbocycles. The smallest absolute Gasteiger partial charge is 0.410 e. The lowest BCUT2D eigenvalue weighted by atomic mass is 9.63. The molecular weight excluding hydrogens is 476 g/mol. The minimum absolute atomic E-state index is 0.0330. The first-order valence-corrected chi connectivity index (χ1v) is 15.3. The maximum atomic E-state index is 13.5. The highest BCUT2D eigenvalue weighted by Gasteiger charge is 2.64. The molecule has 3 aliphatic heterocycles. The van der Waals surface area contributed by atoms with E-state index in [1.807, 2.05) is 19.9 Å². The molecule has 0 unspecified atom stereocenters. The number of rotatable bonds is 8. The van der Waals surface area contributed by atoms with E-state index in [0.29, 0.717) is 25.0 Å². The molecule has 0 saturated carbocycles. The van der Waals surface area contributed by atoms with Crippen LogP contribution in [0.15, 0.2) is 47.7 Å². The van der Waals surface area contributed by atoms with Gasteiger partial charge < -0.3 is 19.2 Å². The van der Waals surface area contributed by atoms with E-state index in [1.165, 1.54) is 11.0 Å². The Balaban J connectivity index is 1.94. The Bertz CT molecular complexity index is 1040. The summed E-state index contributed by atoms with van der Waals surface area (Å²) < 4.78 is 11.7. The number of ether oxygens (including phenoxy) is 1. The number of carbonyl (C=O) groups is 3. The number of β-lactam (4-membered cyclic amide) rings is 1. The van der Waals surface area contributed by atoms with Crippen molar-refractivity contribution in [2.75, 3.05) is 13.2 Å². The van der Waals surface area contributed by atoms with Crippen LogP contribution in [0, 0.1) is 11.3 Å². The number of allylic oxidation sites excluding steroid dienone is 1. The van der Waals surface area contributed by atoms with Gasteiger partial charge in [0.1, 0.15) is 12.3 Å². The van der Waals surface area contributed by atoms with Gasteiger partial charge in [-0.1, -0.05) is 51.7 Å². The SMILES string of the molecule is C=CCOC(=O)N1CC(=C)C[C@H]1/C=C(\C)C1=C(C(=O)O)N2C(=O)[C@H]([C@@](C)(O[SiH](C)C)C(C)(C)C)[C@H]2C1. The lowest BCUT2D eigenvalue weighted by Crippen LogP contribution is -2.70. The second-order valence-corrected chi connectivity index (χ2v) is 13.8. The first-order valence-electron chi connectivity index (χ1n) is 12.5. The average molecular weight is 517 g/mol. The molecule has 0 aliphatic carbocycles. The van der Waals surface area contributed by atoms with Gasteiger partial charge >= 0.3 is 12.1 Å². The second kappa shape index (κ2) is 10.0. The van der Waals surface area contributed by atoms with Crippen LogP contribution in [0.3, 0.4) is 0 Å². The maximum absolute atomic E-state index is 13.5. The summed E-state index contributed by atoms with van der Waals surface area (Å²) in [6.45, 7) is 22.3. The van der Waals surface area contributed by atoms with Crippen LogP contribution in [0.1, 0.15) is 47.5 Å². The van der Waals surface area contributed by atoms with E-state index in [2.05, 4.69) is 47.0 Å². The fourth-order valence-corrected chi connectivity index (χ4v) is 7.13. The second-order valence-electron chi connectivity index (χ2n) is 11.5. The zero-order valence-corrected chi connectivity index (χ0v) is 23.7. The van der Waals surface area contributed by atoms with Crippen LogP contribution in [-0.4, -0.2) is 72.8 Å². The number of fused-ring (bicyclic) bond motifs is 1. The Labute approximate surface area is 216 Å². The van der Waals surface area contributed by atoms with Gasteiger partial charge in [0.25, 0.3) is 0 Å². The minimum atomic E-state index is -1.50. The number of carboxylic acid groups (broad SMARTS) is 1. The van der Waals surface area contributed by atoms with Gasteiger partial charge in [-0.25, -0.2) is 9.59 Å². The van der Waals surface area contributed by atoms with E-state index in [-0.39, 0.29) is 35.7 Å². The van der Waals surface area contributed by atoms with Gasteiger partial charge in [-0.15, -0.1) is 0 Å². The summed E-state index contributed by atoms with van der Waals surface area (Å²) in [6, 6.07) is -0.571. The summed E-state index contributed by atoms with van der Waals surface area (Å²) >= 11 is 0. The number of hydrogen-bond donors (Lipinski definition) is 1. The molecule has 36 heavy (non-hydrogen) atoms. The quantitative estimate of drug-likeness (QED) is 0.294. The van der Waals surface area contributed by atoms with Crippen LogP contribution in [0.5, 0.6) is 0 Å². The van der Waals surface area contributed by atoms with E-state index < -0.39 is 32.6 Å². The van der Waals surface area contributed by atoms with Gasteiger partial charge in [0.2, 0.25) is 5.91 Å². The first kappa shape index (κ1) is 27.9. The maximum Gasteiger partial charge on any atom is 0.410 e. The van der Waals surface area contributed by atoms with Crippen LogP contribution in [0.4, 0.5) is 4.79 Å². The van der Waals surface area contributed by atoms with Gasteiger partial charge in [-0.2, -0.15) is 0 Å². The van der Waals surface area contributed by atoms with E-state index in [9.17, 15) is 19.5 Å². The number of aliphatic carboxylic acids is 1. The Morgan fingerprint density at radius 3 is 2.39 bits per heavy atom. The molecule has 0 radical (unpaired) electrons. The monoisotopic (exact) mass is 516 g/mol. The Hall–Kier alpha value is -2.65. The van der Waals surface area contributed by atoms with Crippen molar-refractivity contribution < 1.29 is 28.7 Å². The van der Waals surface area contributed by atoms with Gasteiger partial charge in [0.05, 0.1) is 23.6 Å².